The van der Waals surface area contributed by atoms with E-state index in [1.807, 2.05) is 0 Å². The third-order valence-corrected chi connectivity index (χ3v) is 3.61. The summed E-state index contributed by atoms with van der Waals surface area (Å²) in [6.45, 7) is 1.44. The van der Waals surface area contributed by atoms with E-state index in [2.05, 4.69) is 58.8 Å². The minimum Gasteiger partial charge on any atom is -0.189 e. The van der Waals surface area contributed by atoms with Crippen molar-refractivity contribution in [3.63, 3.8) is 0 Å². The maximum Gasteiger partial charge on any atom is 0.0853 e. The first-order valence-electron chi connectivity index (χ1n) is 6.18. The molecule has 0 saturated heterocycles. The number of rotatable bonds is 0. The van der Waals surface area contributed by atoms with Gasteiger partial charge in [-0.15, -0.1) is 0 Å². The molecule has 0 unspecified atom stereocenters. The van der Waals surface area contributed by atoms with Crippen molar-refractivity contribution in [3.05, 3.63) is 59.7 Å². The molecule has 18 heavy (non-hydrogen) atoms. The van der Waals surface area contributed by atoms with Gasteiger partial charge in [0, 0.05) is 0 Å². The van der Waals surface area contributed by atoms with E-state index < -0.39 is 0 Å². The Hall–Kier alpha value is -2.22. The van der Waals surface area contributed by atoms with Crippen LogP contribution in [0, 0.1) is 0 Å². The summed E-state index contributed by atoms with van der Waals surface area (Å²) < 4.78 is 0. The van der Waals surface area contributed by atoms with Gasteiger partial charge in [0.15, 0.2) is 0 Å². The highest BCUT2D eigenvalue weighted by Gasteiger charge is 2.08. The third-order valence-electron chi connectivity index (χ3n) is 3.61. The summed E-state index contributed by atoms with van der Waals surface area (Å²) in [6.07, 6.45) is 0. The molecule has 3 aromatic carbocycles. The van der Waals surface area contributed by atoms with Crippen molar-refractivity contribution in [2.75, 3.05) is 0 Å². The van der Waals surface area contributed by atoms with Crippen molar-refractivity contribution in [1.82, 2.24) is 0 Å². The number of nitrogens with zero attached hydrogens (tertiary/aromatic N) is 2. The van der Waals surface area contributed by atoms with Crippen LogP contribution in [0.3, 0.4) is 0 Å². The summed E-state index contributed by atoms with van der Waals surface area (Å²) in [5, 5.41) is 13.4. The lowest BCUT2D eigenvalue weighted by Gasteiger charge is -2.12. The molecule has 0 bridgehead atoms. The molecule has 2 nitrogen and oxygen atoms in total. The molecule has 0 radical (unpaired) electrons. The second-order valence-corrected chi connectivity index (χ2v) is 4.77. The van der Waals surface area contributed by atoms with Crippen LogP contribution in [0.25, 0.3) is 21.5 Å². The molecule has 1 heterocycles. The minimum atomic E-state index is 0.720. The maximum atomic E-state index is 4.11. The Bertz CT molecular complexity index is 722. The number of benzene rings is 3. The fraction of sp³-hybridized carbons (Fsp3) is 0.125. The molecule has 0 aliphatic carbocycles. The molecular formula is C16H12N2. The molecular weight excluding hydrogens is 220 g/mol. The van der Waals surface area contributed by atoms with E-state index in [0.29, 0.717) is 0 Å². The topological polar surface area (TPSA) is 24.7 Å². The highest BCUT2D eigenvalue weighted by Crippen LogP contribution is 2.28. The Morgan fingerprint density at radius 2 is 1.11 bits per heavy atom. The fourth-order valence-electron chi connectivity index (χ4n) is 2.63. The molecule has 3 aromatic rings. The summed E-state index contributed by atoms with van der Waals surface area (Å²) in [6, 6.07) is 17.5. The lowest BCUT2D eigenvalue weighted by atomic mass is 9.97. The SMILES string of the molecule is c1ccc2cc3cc4c(cc3cc2c1)CN=NC4. The normalized spacial score (nSPS) is 14.0. The van der Waals surface area contributed by atoms with Gasteiger partial charge in [0.1, 0.15) is 0 Å². The number of azo groups is 1. The molecule has 0 atom stereocenters. The van der Waals surface area contributed by atoms with Gasteiger partial charge in [-0.3, -0.25) is 0 Å². The van der Waals surface area contributed by atoms with E-state index in [9.17, 15) is 0 Å². The summed E-state index contributed by atoms with van der Waals surface area (Å²) in [4.78, 5) is 0. The highest BCUT2D eigenvalue weighted by atomic mass is 15.1. The predicted molar refractivity (Wildman–Crippen MR) is 73.7 cm³/mol. The Morgan fingerprint density at radius 1 is 0.611 bits per heavy atom. The van der Waals surface area contributed by atoms with Gasteiger partial charge in [0.25, 0.3) is 0 Å². The average molecular weight is 232 g/mol. The van der Waals surface area contributed by atoms with Crippen molar-refractivity contribution in [2.24, 2.45) is 10.2 Å². The number of hydrogen-bond donors (Lipinski definition) is 0. The lowest BCUT2D eigenvalue weighted by Crippen LogP contribution is -1.96. The van der Waals surface area contributed by atoms with Gasteiger partial charge in [-0.05, 0) is 56.9 Å². The molecule has 0 N–H and O–H groups in total. The van der Waals surface area contributed by atoms with Crippen molar-refractivity contribution >= 4 is 21.5 Å². The largest absolute Gasteiger partial charge is 0.189 e. The van der Waals surface area contributed by atoms with Gasteiger partial charge in [-0.1, -0.05) is 24.3 Å². The monoisotopic (exact) mass is 232 g/mol. The molecule has 0 fully saturated rings. The lowest BCUT2D eigenvalue weighted by molar-refractivity contribution is 0.792. The van der Waals surface area contributed by atoms with Gasteiger partial charge in [0.2, 0.25) is 0 Å². The molecule has 1 aliphatic rings. The molecule has 2 heteroatoms. The molecule has 0 aromatic heterocycles. The smallest absolute Gasteiger partial charge is 0.0853 e. The predicted octanol–water partition coefficient (Wildman–Crippen LogP) is 4.46. The van der Waals surface area contributed by atoms with Gasteiger partial charge in [-0.2, -0.15) is 10.2 Å². The van der Waals surface area contributed by atoms with Crippen LogP contribution in [0.1, 0.15) is 11.1 Å². The van der Waals surface area contributed by atoms with Crippen molar-refractivity contribution in [1.29, 1.82) is 0 Å². The van der Waals surface area contributed by atoms with Crippen LogP contribution >= 0.6 is 0 Å². The van der Waals surface area contributed by atoms with E-state index in [-0.39, 0.29) is 0 Å². The fourth-order valence-corrected chi connectivity index (χ4v) is 2.63. The van der Waals surface area contributed by atoms with E-state index in [1.165, 1.54) is 32.7 Å². The van der Waals surface area contributed by atoms with E-state index >= 15 is 0 Å². The van der Waals surface area contributed by atoms with Gasteiger partial charge in [0.05, 0.1) is 13.1 Å². The van der Waals surface area contributed by atoms with Crippen LogP contribution < -0.4 is 0 Å². The zero-order valence-corrected chi connectivity index (χ0v) is 9.93. The van der Waals surface area contributed by atoms with Crippen LogP contribution in [0.2, 0.25) is 0 Å². The van der Waals surface area contributed by atoms with Crippen LogP contribution in [-0.4, -0.2) is 0 Å². The second kappa shape index (κ2) is 3.64. The van der Waals surface area contributed by atoms with Crippen LogP contribution in [-0.2, 0) is 13.1 Å². The molecule has 86 valence electrons. The maximum absolute atomic E-state index is 4.11. The molecule has 0 spiro atoms. The minimum absolute atomic E-state index is 0.720. The highest BCUT2D eigenvalue weighted by molar-refractivity contribution is 5.98. The first-order chi connectivity index (χ1) is 8.90. The summed E-state index contributed by atoms with van der Waals surface area (Å²) >= 11 is 0. The van der Waals surface area contributed by atoms with E-state index in [4.69, 9.17) is 0 Å². The Balaban J connectivity index is 2.07. The number of hydrogen-bond acceptors (Lipinski definition) is 2. The van der Waals surface area contributed by atoms with Gasteiger partial charge < -0.3 is 0 Å². The van der Waals surface area contributed by atoms with Crippen LogP contribution in [0.4, 0.5) is 0 Å². The first-order valence-corrected chi connectivity index (χ1v) is 6.18. The van der Waals surface area contributed by atoms with Crippen LogP contribution in [0.5, 0.6) is 0 Å². The molecule has 0 amide bonds. The zero-order valence-electron chi connectivity index (χ0n) is 9.93. The van der Waals surface area contributed by atoms with Crippen molar-refractivity contribution in [3.8, 4) is 0 Å². The van der Waals surface area contributed by atoms with E-state index in [1.54, 1.807) is 0 Å². The number of fused-ring (bicyclic) bond motifs is 3. The second-order valence-electron chi connectivity index (χ2n) is 4.77. The first kappa shape index (κ1) is 9.77. The molecule has 0 saturated carbocycles. The van der Waals surface area contributed by atoms with Gasteiger partial charge >= 0.3 is 0 Å². The summed E-state index contributed by atoms with van der Waals surface area (Å²) in [5.74, 6) is 0. The third kappa shape index (κ3) is 1.42. The quantitative estimate of drug-likeness (QED) is 0.511. The Morgan fingerprint density at radius 3 is 1.61 bits per heavy atom. The van der Waals surface area contributed by atoms with Gasteiger partial charge in [-0.25, -0.2) is 0 Å². The average Bonchev–Trinajstić information content (AvgIpc) is 2.42. The van der Waals surface area contributed by atoms with Crippen molar-refractivity contribution < 1.29 is 0 Å². The Kier molecular flexibility index (Phi) is 1.97. The molecule has 4 rings (SSSR count). The molecule has 1 aliphatic heterocycles. The zero-order chi connectivity index (χ0) is 11.9. The Labute approximate surface area is 105 Å². The summed E-state index contributed by atoms with van der Waals surface area (Å²) in [7, 11) is 0. The van der Waals surface area contributed by atoms with Crippen molar-refractivity contribution in [2.45, 2.75) is 13.1 Å². The summed E-state index contributed by atoms with van der Waals surface area (Å²) in [5.41, 5.74) is 2.63. The standard InChI is InChI=1S/C16H12N2/c1-2-4-12-6-14-8-16-10-18-17-9-15(16)7-13(14)5-11(12)3-1/h1-8H,9-10H2. The van der Waals surface area contributed by atoms with Crippen LogP contribution in [0.15, 0.2) is 58.8 Å². The van der Waals surface area contributed by atoms with E-state index in [0.717, 1.165) is 13.1 Å².